The number of alkyl halides is 3. The zero-order chi connectivity index (χ0) is 19.3. The molecule has 4 nitrogen and oxygen atoms in total. The van der Waals surface area contributed by atoms with E-state index in [-0.39, 0.29) is 22.9 Å². The van der Waals surface area contributed by atoms with Gasteiger partial charge in [0.15, 0.2) is 0 Å². The largest absolute Gasteiger partial charge is 0.389 e. The van der Waals surface area contributed by atoms with Gasteiger partial charge in [-0.05, 0) is 30.5 Å². The summed E-state index contributed by atoms with van der Waals surface area (Å²) in [6.07, 6.45) is -4.63. The molecule has 9 heteroatoms. The highest BCUT2D eigenvalue weighted by Crippen LogP contribution is 2.28. The molecule has 1 aromatic rings. The van der Waals surface area contributed by atoms with Gasteiger partial charge in [-0.3, -0.25) is 0 Å². The Bertz CT molecular complexity index is 666. The SMILES string of the molecule is CCC(C)CN(C)c1ccc(S(=O)(=O)NCCCC(F)(F)F)cc1Cl. The summed E-state index contributed by atoms with van der Waals surface area (Å²) in [7, 11) is -2.02. The summed E-state index contributed by atoms with van der Waals surface area (Å²) in [6.45, 7) is 4.68. The van der Waals surface area contributed by atoms with E-state index in [1.54, 1.807) is 6.07 Å². The number of hydrogen-bond donors (Lipinski definition) is 1. The van der Waals surface area contributed by atoms with Crippen LogP contribution in [0.5, 0.6) is 0 Å². The van der Waals surface area contributed by atoms with Crippen LogP contribution in [0.4, 0.5) is 18.9 Å². The zero-order valence-corrected chi connectivity index (χ0v) is 16.1. The number of hydrogen-bond acceptors (Lipinski definition) is 3. The normalized spacial score (nSPS) is 13.7. The summed E-state index contributed by atoms with van der Waals surface area (Å²) in [5.41, 5.74) is 0.706. The van der Waals surface area contributed by atoms with E-state index in [1.807, 2.05) is 11.9 Å². The third kappa shape index (κ3) is 7.42. The first-order valence-corrected chi connectivity index (χ1v) is 9.89. The number of rotatable bonds is 9. The molecule has 25 heavy (non-hydrogen) atoms. The maximum absolute atomic E-state index is 12.1. The monoisotopic (exact) mass is 400 g/mol. The van der Waals surface area contributed by atoms with Gasteiger partial charge in [-0.2, -0.15) is 13.2 Å². The van der Waals surface area contributed by atoms with Crippen molar-refractivity contribution in [2.24, 2.45) is 5.92 Å². The van der Waals surface area contributed by atoms with Crippen LogP contribution in [0.25, 0.3) is 0 Å². The molecule has 0 spiro atoms. The highest BCUT2D eigenvalue weighted by atomic mass is 35.5. The number of halogens is 4. The van der Waals surface area contributed by atoms with Gasteiger partial charge in [0.1, 0.15) is 0 Å². The summed E-state index contributed by atoms with van der Waals surface area (Å²) in [4.78, 5) is 1.88. The molecule has 0 fully saturated rings. The second-order valence-electron chi connectivity index (χ2n) is 6.12. The molecule has 0 saturated carbocycles. The molecule has 1 N–H and O–H groups in total. The lowest BCUT2D eigenvalue weighted by molar-refractivity contribution is -0.135. The molecule has 0 radical (unpaired) electrons. The molecule has 0 amide bonds. The minimum atomic E-state index is -4.30. The van der Waals surface area contributed by atoms with E-state index in [4.69, 9.17) is 11.6 Å². The fraction of sp³-hybridized carbons (Fsp3) is 0.625. The van der Waals surface area contributed by atoms with Crippen LogP contribution >= 0.6 is 11.6 Å². The first-order chi connectivity index (χ1) is 11.5. The molecule has 0 heterocycles. The molecule has 0 aliphatic carbocycles. The van der Waals surface area contributed by atoms with Gasteiger partial charge in [-0.25, -0.2) is 13.1 Å². The second-order valence-corrected chi connectivity index (χ2v) is 8.30. The summed E-state index contributed by atoms with van der Waals surface area (Å²) in [5.74, 6) is 0.458. The predicted octanol–water partition coefficient (Wildman–Crippen LogP) is 4.44. The van der Waals surface area contributed by atoms with Gasteiger partial charge in [0.2, 0.25) is 10.0 Å². The first-order valence-electron chi connectivity index (χ1n) is 8.03. The molecule has 1 atom stereocenters. The van der Waals surface area contributed by atoms with E-state index < -0.39 is 22.6 Å². The van der Waals surface area contributed by atoms with Gasteiger partial charge >= 0.3 is 6.18 Å². The Hall–Kier alpha value is -0.990. The molecule has 0 aromatic heterocycles. The van der Waals surface area contributed by atoms with Crippen LogP contribution in [0, 0.1) is 5.92 Å². The molecule has 1 unspecified atom stereocenters. The van der Waals surface area contributed by atoms with Crippen LogP contribution in [0.1, 0.15) is 33.1 Å². The van der Waals surface area contributed by atoms with Gasteiger partial charge in [0, 0.05) is 26.6 Å². The van der Waals surface area contributed by atoms with Gasteiger partial charge in [-0.1, -0.05) is 31.9 Å². The standard InChI is InChI=1S/C16H24ClF3N2O2S/c1-4-12(2)11-22(3)15-7-6-13(10-14(15)17)25(23,24)21-9-5-8-16(18,19)20/h6-7,10,12,21H,4-5,8-9,11H2,1-3H3. The second kappa shape index (κ2) is 9.09. The average Bonchev–Trinajstić information content (AvgIpc) is 2.50. The Balaban J connectivity index is 2.77. The molecule has 0 bridgehead atoms. The van der Waals surface area contributed by atoms with Crippen molar-refractivity contribution >= 4 is 27.3 Å². The van der Waals surface area contributed by atoms with Crippen LogP contribution in [-0.4, -0.2) is 34.7 Å². The van der Waals surface area contributed by atoms with E-state index in [2.05, 4.69) is 18.6 Å². The summed E-state index contributed by atoms with van der Waals surface area (Å²) < 4.78 is 62.7. The Morgan fingerprint density at radius 1 is 1.32 bits per heavy atom. The molecule has 0 aliphatic heterocycles. The van der Waals surface area contributed by atoms with Crippen LogP contribution in [0.3, 0.4) is 0 Å². The Morgan fingerprint density at radius 3 is 2.48 bits per heavy atom. The quantitative estimate of drug-likeness (QED) is 0.623. The lowest BCUT2D eigenvalue weighted by Crippen LogP contribution is -2.26. The Labute approximate surface area is 152 Å². The van der Waals surface area contributed by atoms with Crippen LogP contribution in [0.15, 0.2) is 23.1 Å². The van der Waals surface area contributed by atoms with E-state index >= 15 is 0 Å². The maximum Gasteiger partial charge on any atom is 0.389 e. The minimum absolute atomic E-state index is 0.0646. The van der Waals surface area contributed by atoms with Crippen molar-refractivity contribution in [3.05, 3.63) is 23.2 Å². The lowest BCUT2D eigenvalue weighted by atomic mass is 10.1. The average molecular weight is 401 g/mol. The van der Waals surface area contributed by atoms with E-state index in [0.717, 1.165) is 13.0 Å². The summed E-state index contributed by atoms with van der Waals surface area (Å²) >= 11 is 6.20. The summed E-state index contributed by atoms with van der Waals surface area (Å²) in [6, 6.07) is 4.32. The van der Waals surface area contributed by atoms with Crippen molar-refractivity contribution in [1.82, 2.24) is 4.72 Å². The van der Waals surface area contributed by atoms with Crippen LogP contribution in [-0.2, 0) is 10.0 Å². The highest BCUT2D eigenvalue weighted by Gasteiger charge is 2.26. The molecule has 144 valence electrons. The number of benzene rings is 1. The van der Waals surface area contributed by atoms with Crippen molar-refractivity contribution in [3.8, 4) is 0 Å². The molecular formula is C16H24ClF3N2O2S. The van der Waals surface area contributed by atoms with Crippen molar-refractivity contribution < 1.29 is 21.6 Å². The van der Waals surface area contributed by atoms with Crippen molar-refractivity contribution in [2.75, 3.05) is 25.0 Å². The number of nitrogens with one attached hydrogen (secondary N) is 1. The highest BCUT2D eigenvalue weighted by molar-refractivity contribution is 7.89. The zero-order valence-electron chi connectivity index (χ0n) is 14.5. The Kier molecular flexibility index (Phi) is 8.02. The van der Waals surface area contributed by atoms with Crippen LogP contribution < -0.4 is 9.62 Å². The lowest BCUT2D eigenvalue weighted by Gasteiger charge is -2.24. The number of nitrogens with zero attached hydrogens (tertiary/aromatic N) is 1. The minimum Gasteiger partial charge on any atom is -0.373 e. The topological polar surface area (TPSA) is 49.4 Å². The third-order valence-electron chi connectivity index (χ3n) is 3.85. The van der Waals surface area contributed by atoms with Crippen molar-refractivity contribution in [3.63, 3.8) is 0 Å². The predicted molar refractivity (Wildman–Crippen MR) is 94.7 cm³/mol. The smallest absolute Gasteiger partial charge is 0.373 e. The van der Waals surface area contributed by atoms with E-state index in [0.29, 0.717) is 11.6 Å². The van der Waals surface area contributed by atoms with Gasteiger partial charge < -0.3 is 4.90 Å². The number of sulfonamides is 1. The molecular weight excluding hydrogens is 377 g/mol. The van der Waals surface area contributed by atoms with Gasteiger partial charge in [0.25, 0.3) is 0 Å². The molecule has 0 aliphatic rings. The summed E-state index contributed by atoms with van der Waals surface area (Å²) in [5, 5.41) is 0.281. The van der Waals surface area contributed by atoms with Crippen LogP contribution in [0.2, 0.25) is 5.02 Å². The maximum atomic E-state index is 12.1. The van der Waals surface area contributed by atoms with Crippen molar-refractivity contribution in [1.29, 1.82) is 0 Å². The molecule has 1 rings (SSSR count). The van der Waals surface area contributed by atoms with Gasteiger partial charge in [-0.15, -0.1) is 0 Å². The van der Waals surface area contributed by atoms with E-state index in [1.165, 1.54) is 12.1 Å². The fourth-order valence-electron chi connectivity index (χ4n) is 2.24. The fourth-order valence-corrected chi connectivity index (χ4v) is 3.73. The molecule has 1 aromatic carbocycles. The van der Waals surface area contributed by atoms with Crippen molar-refractivity contribution in [2.45, 2.75) is 44.2 Å². The number of anilines is 1. The Morgan fingerprint density at radius 2 is 1.96 bits per heavy atom. The molecule has 0 saturated heterocycles. The third-order valence-corrected chi connectivity index (χ3v) is 5.61. The first kappa shape index (κ1) is 22.1. The van der Waals surface area contributed by atoms with Gasteiger partial charge in [0.05, 0.1) is 15.6 Å². The van der Waals surface area contributed by atoms with E-state index in [9.17, 15) is 21.6 Å².